The summed E-state index contributed by atoms with van der Waals surface area (Å²) < 4.78 is 16.4. The number of aromatic nitrogens is 2. The molecule has 110 valence electrons. The molecule has 2 rings (SSSR count). The second kappa shape index (κ2) is 6.94. The smallest absolute Gasteiger partial charge is 0.413 e. The largest absolute Gasteiger partial charge is 0.444 e. The van der Waals surface area contributed by atoms with Gasteiger partial charge in [-0.05, 0) is 24.1 Å². The third-order valence-corrected chi connectivity index (χ3v) is 3.48. The third kappa shape index (κ3) is 4.35. The summed E-state index contributed by atoms with van der Waals surface area (Å²) in [5.41, 5.74) is 1.57. The fraction of sp³-hybridized carbons (Fsp3) is 0.214. The van der Waals surface area contributed by atoms with Crippen LogP contribution in [0.3, 0.4) is 0 Å². The minimum absolute atomic E-state index is 0.177. The Morgan fingerprint density at radius 1 is 1.29 bits per heavy atom. The predicted octanol–water partition coefficient (Wildman–Crippen LogP) is 2.27. The Morgan fingerprint density at radius 3 is 2.62 bits per heavy atom. The Kier molecular flexibility index (Phi) is 4.99. The lowest BCUT2D eigenvalue weighted by atomic mass is 10.2. The minimum Gasteiger partial charge on any atom is -0.444 e. The molecule has 0 radical (unpaired) electrons. The Balaban J connectivity index is 1.95. The number of carbonyl (C=O) groups is 1. The van der Waals surface area contributed by atoms with Crippen LogP contribution in [0.4, 0.5) is 10.6 Å². The average Bonchev–Trinajstić information content (AvgIpc) is 2.48. The van der Waals surface area contributed by atoms with E-state index in [2.05, 4.69) is 15.5 Å². The van der Waals surface area contributed by atoms with Gasteiger partial charge < -0.3 is 4.74 Å². The van der Waals surface area contributed by atoms with E-state index < -0.39 is 16.9 Å². The van der Waals surface area contributed by atoms with Crippen molar-refractivity contribution in [2.75, 3.05) is 11.6 Å². The highest BCUT2D eigenvalue weighted by molar-refractivity contribution is 7.84. The summed E-state index contributed by atoms with van der Waals surface area (Å²) in [5.74, 6) is 0.294. The van der Waals surface area contributed by atoms with Gasteiger partial charge in [0.1, 0.15) is 11.6 Å². The van der Waals surface area contributed by atoms with Crippen LogP contribution < -0.4 is 5.32 Å². The minimum atomic E-state index is -1.21. The molecule has 0 aliphatic rings. The lowest BCUT2D eigenvalue weighted by Gasteiger charge is -2.08. The van der Waals surface area contributed by atoms with Crippen molar-refractivity contribution in [3.05, 3.63) is 47.5 Å². The standard InChI is InChI=1S/C14H15N3O3S/c1-10-8-12(21(2)19)16-17-13(10)15-14(18)20-9-11-6-4-3-5-7-11/h3-8H,9H2,1-2H3,(H,15,17,18). The van der Waals surface area contributed by atoms with Gasteiger partial charge in [-0.1, -0.05) is 30.3 Å². The number of rotatable bonds is 4. The molecule has 0 aliphatic heterocycles. The molecule has 21 heavy (non-hydrogen) atoms. The molecule has 0 saturated heterocycles. The van der Waals surface area contributed by atoms with Crippen molar-refractivity contribution in [3.63, 3.8) is 0 Å². The van der Waals surface area contributed by atoms with Crippen molar-refractivity contribution in [1.29, 1.82) is 0 Å². The van der Waals surface area contributed by atoms with Crippen LogP contribution in [0.1, 0.15) is 11.1 Å². The molecule has 1 atom stereocenters. The zero-order valence-electron chi connectivity index (χ0n) is 11.7. The quantitative estimate of drug-likeness (QED) is 0.937. The summed E-state index contributed by atoms with van der Waals surface area (Å²) in [6, 6.07) is 11.0. The van der Waals surface area contributed by atoms with Crippen molar-refractivity contribution in [3.8, 4) is 0 Å². The molecule has 6 nitrogen and oxygen atoms in total. The maximum absolute atomic E-state index is 11.7. The van der Waals surface area contributed by atoms with Gasteiger partial charge in [-0.3, -0.25) is 9.53 Å². The number of nitrogens with zero attached hydrogens (tertiary/aromatic N) is 2. The number of carbonyl (C=O) groups excluding carboxylic acids is 1. The van der Waals surface area contributed by atoms with Gasteiger partial charge in [0, 0.05) is 6.26 Å². The van der Waals surface area contributed by atoms with Crippen molar-refractivity contribution < 1.29 is 13.7 Å². The molecule has 1 heterocycles. The Labute approximate surface area is 125 Å². The monoisotopic (exact) mass is 305 g/mol. The zero-order valence-corrected chi connectivity index (χ0v) is 12.5. The number of aryl methyl sites for hydroxylation is 1. The van der Waals surface area contributed by atoms with Crippen LogP contribution in [0, 0.1) is 6.92 Å². The van der Waals surface area contributed by atoms with Crippen LogP contribution in [-0.4, -0.2) is 26.8 Å². The van der Waals surface area contributed by atoms with Gasteiger partial charge in [-0.25, -0.2) is 4.79 Å². The van der Waals surface area contributed by atoms with Gasteiger partial charge in [0.25, 0.3) is 0 Å². The van der Waals surface area contributed by atoms with Gasteiger partial charge in [-0.15, -0.1) is 10.2 Å². The van der Waals surface area contributed by atoms with E-state index in [1.165, 1.54) is 6.26 Å². The van der Waals surface area contributed by atoms with Gasteiger partial charge >= 0.3 is 6.09 Å². The van der Waals surface area contributed by atoms with E-state index in [9.17, 15) is 9.00 Å². The van der Waals surface area contributed by atoms with Crippen molar-refractivity contribution in [1.82, 2.24) is 10.2 Å². The summed E-state index contributed by atoms with van der Waals surface area (Å²) in [5, 5.41) is 10.5. The fourth-order valence-electron chi connectivity index (χ4n) is 1.58. The molecule has 2 aromatic rings. The van der Waals surface area contributed by atoms with Crippen molar-refractivity contribution in [2.45, 2.75) is 18.6 Å². The first-order chi connectivity index (χ1) is 10.1. The number of hydrogen-bond donors (Lipinski definition) is 1. The first-order valence-corrected chi connectivity index (χ1v) is 7.77. The summed E-state index contributed by atoms with van der Waals surface area (Å²) in [7, 11) is -1.21. The summed E-state index contributed by atoms with van der Waals surface area (Å²) >= 11 is 0. The molecule has 1 unspecified atom stereocenters. The molecule has 0 spiro atoms. The van der Waals surface area contributed by atoms with Gasteiger partial charge in [0.05, 0.1) is 10.8 Å². The van der Waals surface area contributed by atoms with Crippen molar-refractivity contribution in [2.24, 2.45) is 0 Å². The van der Waals surface area contributed by atoms with Crippen LogP contribution in [0.15, 0.2) is 41.4 Å². The Bertz CT molecular complexity index is 662. The number of benzene rings is 1. The lowest BCUT2D eigenvalue weighted by molar-refractivity contribution is 0.155. The van der Waals surface area contributed by atoms with Gasteiger partial charge in [0.2, 0.25) is 0 Å². The van der Waals surface area contributed by atoms with Crippen LogP contribution in [-0.2, 0) is 22.1 Å². The number of anilines is 1. The summed E-state index contributed by atoms with van der Waals surface area (Å²) in [6.45, 7) is 1.92. The lowest BCUT2D eigenvalue weighted by Crippen LogP contribution is -2.16. The van der Waals surface area contributed by atoms with Crippen LogP contribution in [0.2, 0.25) is 0 Å². The number of amides is 1. The highest BCUT2D eigenvalue weighted by Crippen LogP contribution is 2.13. The molecular formula is C14H15N3O3S. The second-order valence-electron chi connectivity index (χ2n) is 4.36. The van der Waals surface area contributed by atoms with E-state index in [1.54, 1.807) is 13.0 Å². The summed E-state index contributed by atoms with van der Waals surface area (Å²) in [4.78, 5) is 11.7. The van der Waals surface area contributed by atoms with E-state index in [0.29, 0.717) is 16.4 Å². The molecule has 1 amide bonds. The second-order valence-corrected chi connectivity index (χ2v) is 5.68. The van der Waals surface area contributed by atoms with Crippen LogP contribution in [0.5, 0.6) is 0 Å². The van der Waals surface area contributed by atoms with E-state index >= 15 is 0 Å². The molecule has 7 heteroatoms. The highest BCUT2D eigenvalue weighted by Gasteiger charge is 2.10. The topological polar surface area (TPSA) is 81.2 Å². The Morgan fingerprint density at radius 2 is 2.00 bits per heavy atom. The highest BCUT2D eigenvalue weighted by atomic mass is 32.2. The molecule has 1 aromatic heterocycles. The van der Waals surface area contributed by atoms with E-state index in [0.717, 1.165) is 5.56 Å². The summed E-state index contributed by atoms with van der Waals surface area (Å²) in [6.07, 6.45) is 0.909. The first-order valence-electron chi connectivity index (χ1n) is 6.21. The van der Waals surface area contributed by atoms with E-state index in [4.69, 9.17) is 4.74 Å². The normalized spacial score (nSPS) is 11.7. The van der Waals surface area contributed by atoms with Gasteiger partial charge in [-0.2, -0.15) is 0 Å². The zero-order chi connectivity index (χ0) is 15.2. The van der Waals surface area contributed by atoms with Crippen LogP contribution >= 0.6 is 0 Å². The molecule has 0 bridgehead atoms. The molecule has 0 aliphatic carbocycles. The molecule has 0 fully saturated rings. The average molecular weight is 305 g/mol. The number of nitrogens with one attached hydrogen (secondary N) is 1. The molecular weight excluding hydrogens is 290 g/mol. The molecule has 0 saturated carbocycles. The third-order valence-electron chi connectivity index (χ3n) is 2.69. The van der Waals surface area contributed by atoms with Crippen LogP contribution in [0.25, 0.3) is 0 Å². The maximum atomic E-state index is 11.7. The van der Waals surface area contributed by atoms with E-state index in [-0.39, 0.29) is 6.61 Å². The fourth-order valence-corrected chi connectivity index (χ4v) is 2.08. The SMILES string of the molecule is Cc1cc(S(C)=O)nnc1NC(=O)OCc1ccccc1. The van der Waals surface area contributed by atoms with Crippen molar-refractivity contribution >= 4 is 22.7 Å². The predicted molar refractivity (Wildman–Crippen MR) is 79.4 cm³/mol. The number of hydrogen-bond acceptors (Lipinski definition) is 5. The van der Waals surface area contributed by atoms with E-state index in [1.807, 2.05) is 30.3 Å². The maximum Gasteiger partial charge on any atom is 0.413 e. The molecule has 1 aromatic carbocycles. The van der Waals surface area contributed by atoms with Gasteiger partial charge in [0.15, 0.2) is 5.82 Å². The number of ether oxygens (including phenoxy) is 1. The first kappa shape index (κ1) is 15.1. The Hall–Kier alpha value is -2.28. The molecule has 1 N–H and O–H groups in total.